The van der Waals surface area contributed by atoms with Crippen LogP contribution in [0.15, 0.2) is 0 Å². The van der Waals surface area contributed by atoms with Gasteiger partial charge in [-0.2, -0.15) is 0 Å². The molecule has 0 bridgehead atoms. The van der Waals surface area contributed by atoms with Crippen LogP contribution in [-0.2, 0) is 4.79 Å². The number of carboxylic acid groups (broad SMARTS) is 1. The van der Waals surface area contributed by atoms with Crippen LogP contribution in [0.5, 0.6) is 0 Å². The van der Waals surface area contributed by atoms with Crippen molar-refractivity contribution >= 4 is 12.0 Å². The van der Waals surface area contributed by atoms with Crippen molar-refractivity contribution in [2.75, 3.05) is 40.3 Å². The molecule has 0 aromatic rings. The van der Waals surface area contributed by atoms with E-state index in [2.05, 4.69) is 11.9 Å². The van der Waals surface area contributed by atoms with Crippen molar-refractivity contribution in [3.8, 4) is 0 Å². The molecule has 0 aliphatic carbocycles. The Kier molecular flexibility index (Phi) is 4.29. The predicted molar refractivity (Wildman–Crippen MR) is 71.0 cm³/mol. The number of carbonyl (C=O) groups is 2. The summed E-state index contributed by atoms with van der Waals surface area (Å²) in [5.41, 5.74) is 0. The maximum Gasteiger partial charge on any atom is 0.320 e. The topological polar surface area (TPSA) is 64.1 Å². The highest BCUT2D eigenvalue weighted by molar-refractivity contribution is 5.77. The second kappa shape index (κ2) is 5.77. The monoisotopic (exact) mass is 269 g/mol. The summed E-state index contributed by atoms with van der Waals surface area (Å²) in [6, 6.07) is 0.269. The second-order valence-electron chi connectivity index (χ2n) is 5.70. The summed E-state index contributed by atoms with van der Waals surface area (Å²) in [6.07, 6.45) is 2.56. The first-order valence-electron chi connectivity index (χ1n) is 6.92. The number of rotatable bonds is 2. The first-order chi connectivity index (χ1) is 8.99. The number of urea groups is 1. The molecule has 6 heteroatoms. The molecule has 1 unspecified atom stereocenters. The minimum Gasteiger partial charge on any atom is -0.481 e. The number of amides is 2. The van der Waals surface area contributed by atoms with E-state index in [-0.39, 0.29) is 12.1 Å². The van der Waals surface area contributed by atoms with Crippen LogP contribution >= 0.6 is 0 Å². The standard InChI is InChI=1S/C13H23N3O3/c1-14-6-4-11(5-7-14)15(2)13(19)16-8-3-10(9-16)12(17)18/h10-11H,3-9H2,1-2H3,(H,17,18). The Balaban J connectivity index is 1.87. The van der Waals surface area contributed by atoms with Gasteiger partial charge in [0.15, 0.2) is 0 Å². The zero-order valence-electron chi connectivity index (χ0n) is 11.7. The molecule has 19 heavy (non-hydrogen) atoms. The van der Waals surface area contributed by atoms with E-state index in [0.717, 1.165) is 25.9 Å². The highest BCUT2D eigenvalue weighted by Gasteiger charge is 2.34. The number of hydrogen-bond acceptors (Lipinski definition) is 3. The van der Waals surface area contributed by atoms with Crippen LogP contribution in [0.25, 0.3) is 0 Å². The summed E-state index contributed by atoms with van der Waals surface area (Å²) in [7, 11) is 3.93. The van der Waals surface area contributed by atoms with E-state index < -0.39 is 11.9 Å². The highest BCUT2D eigenvalue weighted by Crippen LogP contribution is 2.21. The molecule has 0 radical (unpaired) electrons. The van der Waals surface area contributed by atoms with Gasteiger partial charge in [-0.1, -0.05) is 0 Å². The third-order valence-corrected chi connectivity index (χ3v) is 4.35. The van der Waals surface area contributed by atoms with Crippen LogP contribution in [-0.4, -0.2) is 78.1 Å². The van der Waals surface area contributed by atoms with E-state index in [1.807, 2.05) is 7.05 Å². The number of hydrogen-bond donors (Lipinski definition) is 1. The normalized spacial score (nSPS) is 25.6. The van der Waals surface area contributed by atoms with E-state index in [1.165, 1.54) is 0 Å². The van der Waals surface area contributed by atoms with Gasteiger partial charge in [-0.3, -0.25) is 4.79 Å². The van der Waals surface area contributed by atoms with Crippen LogP contribution in [0.3, 0.4) is 0 Å². The molecule has 2 saturated heterocycles. The average Bonchev–Trinajstić information content (AvgIpc) is 2.87. The summed E-state index contributed by atoms with van der Waals surface area (Å²) in [6.45, 7) is 2.94. The van der Waals surface area contributed by atoms with E-state index in [1.54, 1.807) is 9.80 Å². The number of piperidine rings is 1. The first kappa shape index (κ1) is 14.1. The lowest BCUT2D eigenvalue weighted by Crippen LogP contribution is -2.49. The fourth-order valence-corrected chi connectivity index (χ4v) is 2.90. The molecule has 2 heterocycles. The molecule has 0 saturated carbocycles. The second-order valence-corrected chi connectivity index (χ2v) is 5.70. The van der Waals surface area contributed by atoms with E-state index in [4.69, 9.17) is 5.11 Å². The van der Waals surface area contributed by atoms with Crippen LogP contribution < -0.4 is 0 Å². The smallest absolute Gasteiger partial charge is 0.320 e. The Morgan fingerprint density at radius 3 is 2.32 bits per heavy atom. The summed E-state index contributed by atoms with van der Waals surface area (Å²) in [5, 5.41) is 8.97. The first-order valence-corrected chi connectivity index (χ1v) is 6.92. The molecule has 2 rings (SSSR count). The highest BCUT2D eigenvalue weighted by atomic mass is 16.4. The van der Waals surface area contributed by atoms with Gasteiger partial charge in [-0.05, 0) is 39.4 Å². The number of aliphatic carboxylic acids is 1. The predicted octanol–water partition coefficient (Wildman–Crippen LogP) is 0.539. The maximum atomic E-state index is 12.3. The van der Waals surface area contributed by atoms with Crippen molar-refractivity contribution < 1.29 is 14.7 Å². The van der Waals surface area contributed by atoms with E-state index >= 15 is 0 Å². The van der Waals surface area contributed by atoms with Gasteiger partial charge in [0.2, 0.25) is 0 Å². The molecule has 2 aliphatic rings. The molecule has 2 fully saturated rings. The summed E-state index contributed by atoms with van der Waals surface area (Å²) < 4.78 is 0. The van der Waals surface area contributed by atoms with Gasteiger partial charge >= 0.3 is 12.0 Å². The van der Waals surface area contributed by atoms with E-state index in [9.17, 15) is 9.59 Å². The molecule has 0 aromatic heterocycles. The van der Waals surface area contributed by atoms with Crippen molar-refractivity contribution in [3.05, 3.63) is 0 Å². The Bertz CT molecular complexity index is 353. The van der Waals surface area contributed by atoms with Gasteiger partial charge in [0.1, 0.15) is 0 Å². The molecule has 1 N–H and O–H groups in total. The fourth-order valence-electron chi connectivity index (χ4n) is 2.90. The van der Waals surface area contributed by atoms with Crippen LogP contribution in [0.1, 0.15) is 19.3 Å². The largest absolute Gasteiger partial charge is 0.481 e. The van der Waals surface area contributed by atoms with Gasteiger partial charge in [0, 0.05) is 26.2 Å². The quantitative estimate of drug-likeness (QED) is 0.794. The van der Waals surface area contributed by atoms with Gasteiger partial charge in [0.05, 0.1) is 5.92 Å². The summed E-state index contributed by atoms with van der Waals surface area (Å²) >= 11 is 0. The summed E-state index contributed by atoms with van der Waals surface area (Å²) in [5.74, 6) is -1.19. The van der Waals surface area contributed by atoms with E-state index in [0.29, 0.717) is 19.5 Å². The third-order valence-electron chi connectivity index (χ3n) is 4.35. The Morgan fingerprint density at radius 2 is 1.79 bits per heavy atom. The minimum absolute atomic E-state index is 0.0155. The van der Waals surface area contributed by atoms with Gasteiger partial charge in [-0.25, -0.2) is 4.79 Å². The molecule has 6 nitrogen and oxygen atoms in total. The van der Waals surface area contributed by atoms with Gasteiger partial charge in [0.25, 0.3) is 0 Å². The third kappa shape index (κ3) is 3.18. The van der Waals surface area contributed by atoms with Crippen molar-refractivity contribution in [3.63, 3.8) is 0 Å². The van der Waals surface area contributed by atoms with Crippen molar-refractivity contribution in [1.82, 2.24) is 14.7 Å². The molecule has 0 spiro atoms. The fraction of sp³-hybridized carbons (Fsp3) is 0.846. The zero-order valence-corrected chi connectivity index (χ0v) is 11.7. The zero-order chi connectivity index (χ0) is 14.0. The van der Waals surface area contributed by atoms with Crippen molar-refractivity contribution in [1.29, 1.82) is 0 Å². The molecule has 2 amide bonds. The molecule has 0 aromatic carbocycles. The summed E-state index contributed by atoms with van der Waals surface area (Å²) in [4.78, 5) is 29.0. The lowest BCUT2D eigenvalue weighted by Gasteiger charge is -2.36. The number of carbonyl (C=O) groups excluding carboxylic acids is 1. The average molecular weight is 269 g/mol. The maximum absolute atomic E-state index is 12.3. The van der Waals surface area contributed by atoms with Crippen LogP contribution in [0.2, 0.25) is 0 Å². The Morgan fingerprint density at radius 1 is 1.16 bits per heavy atom. The Labute approximate surface area is 114 Å². The lowest BCUT2D eigenvalue weighted by molar-refractivity contribution is -0.141. The minimum atomic E-state index is -0.794. The number of carboxylic acids is 1. The SMILES string of the molecule is CN1CCC(N(C)C(=O)N2CCC(C(=O)O)C2)CC1. The number of likely N-dealkylation sites (tertiary alicyclic amines) is 2. The van der Waals surface area contributed by atoms with Crippen molar-refractivity contribution in [2.24, 2.45) is 5.92 Å². The van der Waals surface area contributed by atoms with Crippen molar-refractivity contribution in [2.45, 2.75) is 25.3 Å². The van der Waals surface area contributed by atoms with Crippen LogP contribution in [0, 0.1) is 5.92 Å². The molecular formula is C13H23N3O3. The molecule has 2 aliphatic heterocycles. The Hall–Kier alpha value is -1.30. The lowest BCUT2D eigenvalue weighted by atomic mass is 10.0. The van der Waals surface area contributed by atoms with Gasteiger partial charge in [-0.15, -0.1) is 0 Å². The molecule has 1 atom stereocenters. The number of nitrogens with zero attached hydrogens (tertiary/aromatic N) is 3. The molecule has 108 valence electrons. The van der Waals surface area contributed by atoms with Gasteiger partial charge < -0.3 is 19.8 Å². The molecular weight excluding hydrogens is 246 g/mol. The van der Waals surface area contributed by atoms with Crippen LogP contribution in [0.4, 0.5) is 4.79 Å².